The van der Waals surface area contributed by atoms with Gasteiger partial charge in [-0.25, -0.2) is 0 Å². The third-order valence-electron chi connectivity index (χ3n) is 4.47. The number of unbranched alkanes of at least 4 members (excludes halogenated alkanes) is 2. The Balaban J connectivity index is 1.82. The number of hydrogen-bond acceptors (Lipinski definition) is 2. The fourth-order valence-corrected chi connectivity index (χ4v) is 3.71. The fraction of sp³-hybridized carbons (Fsp3) is 0.929. The third kappa shape index (κ3) is 3.21. The first-order valence-corrected chi connectivity index (χ1v) is 7.18. The number of aliphatic carboxylic acids is 1. The maximum atomic E-state index is 10.8. The Hall–Kier alpha value is -0.570. The van der Waals surface area contributed by atoms with Gasteiger partial charge in [0.2, 0.25) is 0 Å². The lowest BCUT2D eigenvalue weighted by Crippen LogP contribution is -2.43. The lowest BCUT2D eigenvalue weighted by atomic mass is 9.88. The van der Waals surface area contributed by atoms with E-state index in [1.165, 1.54) is 38.6 Å². The first-order chi connectivity index (χ1) is 8.20. The van der Waals surface area contributed by atoms with E-state index in [0.29, 0.717) is 24.4 Å². The quantitative estimate of drug-likeness (QED) is 0.725. The van der Waals surface area contributed by atoms with Crippen molar-refractivity contribution in [3.63, 3.8) is 0 Å². The van der Waals surface area contributed by atoms with Crippen LogP contribution in [0.15, 0.2) is 0 Å². The van der Waals surface area contributed by atoms with Crippen LogP contribution in [-0.2, 0) is 4.79 Å². The second-order valence-electron chi connectivity index (χ2n) is 5.77. The van der Waals surface area contributed by atoms with E-state index in [-0.39, 0.29) is 0 Å². The zero-order valence-electron chi connectivity index (χ0n) is 10.9. The van der Waals surface area contributed by atoms with Gasteiger partial charge in [-0.15, -0.1) is 0 Å². The number of rotatable bonds is 6. The predicted octanol–water partition coefficient (Wildman–Crippen LogP) is 2.89. The van der Waals surface area contributed by atoms with E-state index in [2.05, 4.69) is 11.8 Å². The van der Waals surface area contributed by atoms with Crippen molar-refractivity contribution < 1.29 is 9.90 Å². The monoisotopic (exact) mass is 239 g/mol. The Morgan fingerprint density at radius 2 is 1.88 bits per heavy atom. The van der Waals surface area contributed by atoms with Crippen LogP contribution in [0.25, 0.3) is 0 Å². The fourth-order valence-electron chi connectivity index (χ4n) is 3.71. The molecule has 98 valence electrons. The molecule has 2 atom stereocenters. The van der Waals surface area contributed by atoms with E-state index in [9.17, 15) is 4.79 Å². The standard InChI is InChI=1S/C14H25NO2/c1-2-3-4-7-15-12-5-6-13(15)9-11(8-12)10-14(16)17/h11-13H,2-10H2,1H3,(H,16,17). The van der Waals surface area contributed by atoms with Crippen LogP contribution in [0.4, 0.5) is 0 Å². The van der Waals surface area contributed by atoms with Crippen LogP contribution in [0, 0.1) is 5.92 Å². The highest BCUT2D eigenvalue weighted by Gasteiger charge is 2.40. The summed E-state index contributed by atoms with van der Waals surface area (Å²) in [7, 11) is 0. The maximum Gasteiger partial charge on any atom is 0.303 e. The molecular formula is C14H25NO2. The summed E-state index contributed by atoms with van der Waals surface area (Å²) in [4.78, 5) is 13.5. The highest BCUT2D eigenvalue weighted by atomic mass is 16.4. The number of nitrogens with zero attached hydrogens (tertiary/aromatic N) is 1. The highest BCUT2D eigenvalue weighted by molar-refractivity contribution is 5.67. The zero-order chi connectivity index (χ0) is 12.3. The molecule has 2 aliphatic rings. The second-order valence-corrected chi connectivity index (χ2v) is 5.77. The van der Waals surface area contributed by atoms with Gasteiger partial charge in [-0.1, -0.05) is 19.8 Å². The van der Waals surface area contributed by atoms with Gasteiger partial charge in [0.05, 0.1) is 0 Å². The number of carbonyl (C=O) groups is 1. The Kier molecular flexibility index (Phi) is 4.43. The van der Waals surface area contributed by atoms with Gasteiger partial charge in [-0.3, -0.25) is 9.69 Å². The topological polar surface area (TPSA) is 40.5 Å². The van der Waals surface area contributed by atoms with Crippen LogP contribution in [0.3, 0.4) is 0 Å². The van der Waals surface area contributed by atoms with Crippen molar-refractivity contribution >= 4 is 5.97 Å². The van der Waals surface area contributed by atoms with Gasteiger partial charge in [0, 0.05) is 18.5 Å². The van der Waals surface area contributed by atoms with E-state index in [1.54, 1.807) is 0 Å². The summed E-state index contributed by atoms with van der Waals surface area (Å²) in [6, 6.07) is 1.38. The molecule has 2 rings (SSSR count). The van der Waals surface area contributed by atoms with E-state index in [0.717, 1.165) is 12.8 Å². The SMILES string of the molecule is CCCCCN1C2CCC1CC(CC(=O)O)C2. The summed E-state index contributed by atoms with van der Waals surface area (Å²) >= 11 is 0. The molecule has 1 N–H and O–H groups in total. The highest BCUT2D eigenvalue weighted by Crippen LogP contribution is 2.39. The van der Waals surface area contributed by atoms with Crippen LogP contribution in [0.1, 0.15) is 58.3 Å². The van der Waals surface area contributed by atoms with Crippen molar-refractivity contribution in [2.45, 2.75) is 70.4 Å². The minimum absolute atomic E-state index is 0.385. The third-order valence-corrected chi connectivity index (χ3v) is 4.47. The van der Waals surface area contributed by atoms with Crippen LogP contribution in [-0.4, -0.2) is 34.6 Å². The largest absolute Gasteiger partial charge is 0.481 e. The molecule has 2 unspecified atom stereocenters. The van der Waals surface area contributed by atoms with Gasteiger partial charge >= 0.3 is 5.97 Å². The molecule has 2 bridgehead atoms. The molecule has 3 heteroatoms. The summed E-state index contributed by atoms with van der Waals surface area (Å²) in [5, 5.41) is 8.88. The van der Waals surface area contributed by atoms with E-state index in [1.807, 2.05) is 0 Å². The number of fused-ring (bicyclic) bond motifs is 2. The molecule has 0 aromatic heterocycles. The number of carboxylic acid groups (broad SMARTS) is 1. The van der Waals surface area contributed by atoms with Crippen molar-refractivity contribution in [2.24, 2.45) is 5.92 Å². The van der Waals surface area contributed by atoms with Crippen LogP contribution < -0.4 is 0 Å². The van der Waals surface area contributed by atoms with Gasteiger partial charge in [0.1, 0.15) is 0 Å². The Morgan fingerprint density at radius 1 is 1.24 bits per heavy atom. The van der Waals surface area contributed by atoms with Crippen LogP contribution >= 0.6 is 0 Å². The molecule has 0 aromatic rings. The summed E-state index contributed by atoms with van der Waals surface area (Å²) in [6.07, 6.45) is 9.14. The molecule has 2 heterocycles. The minimum atomic E-state index is -0.617. The average molecular weight is 239 g/mol. The Labute approximate surface area is 104 Å². The van der Waals surface area contributed by atoms with Crippen molar-refractivity contribution in [3.05, 3.63) is 0 Å². The van der Waals surface area contributed by atoms with Crippen molar-refractivity contribution in [1.82, 2.24) is 4.90 Å². The summed E-state index contributed by atoms with van der Waals surface area (Å²) in [5.41, 5.74) is 0. The molecule has 0 amide bonds. The molecule has 17 heavy (non-hydrogen) atoms. The average Bonchev–Trinajstić information content (AvgIpc) is 2.51. The normalized spacial score (nSPS) is 32.9. The van der Waals surface area contributed by atoms with Crippen molar-refractivity contribution in [2.75, 3.05) is 6.54 Å². The number of hydrogen-bond donors (Lipinski definition) is 1. The zero-order valence-corrected chi connectivity index (χ0v) is 10.9. The minimum Gasteiger partial charge on any atom is -0.481 e. The Morgan fingerprint density at radius 3 is 2.41 bits per heavy atom. The molecule has 0 radical (unpaired) electrons. The first-order valence-electron chi connectivity index (χ1n) is 7.18. The summed E-state index contributed by atoms with van der Waals surface area (Å²) < 4.78 is 0. The summed E-state index contributed by atoms with van der Waals surface area (Å²) in [6.45, 7) is 3.48. The lowest BCUT2D eigenvalue weighted by Gasteiger charge is -2.38. The van der Waals surface area contributed by atoms with Crippen LogP contribution in [0.5, 0.6) is 0 Å². The molecule has 2 saturated heterocycles. The van der Waals surface area contributed by atoms with Crippen LogP contribution in [0.2, 0.25) is 0 Å². The van der Waals surface area contributed by atoms with Crippen molar-refractivity contribution in [1.29, 1.82) is 0 Å². The Bertz CT molecular complexity index is 253. The lowest BCUT2D eigenvalue weighted by molar-refractivity contribution is -0.138. The van der Waals surface area contributed by atoms with Gasteiger partial charge < -0.3 is 5.11 Å². The van der Waals surface area contributed by atoms with Gasteiger partial charge in [0.15, 0.2) is 0 Å². The smallest absolute Gasteiger partial charge is 0.303 e. The van der Waals surface area contributed by atoms with E-state index in [4.69, 9.17) is 5.11 Å². The molecule has 3 nitrogen and oxygen atoms in total. The molecule has 2 fully saturated rings. The molecule has 0 aromatic carbocycles. The number of carboxylic acids is 1. The number of piperidine rings is 1. The molecule has 2 aliphatic heterocycles. The van der Waals surface area contributed by atoms with Crippen molar-refractivity contribution in [3.8, 4) is 0 Å². The molecular weight excluding hydrogens is 214 g/mol. The first kappa shape index (κ1) is 12.9. The van der Waals surface area contributed by atoms with E-state index >= 15 is 0 Å². The van der Waals surface area contributed by atoms with Gasteiger partial charge in [-0.05, 0) is 44.6 Å². The second kappa shape index (κ2) is 5.85. The summed E-state index contributed by atoms with van der Waals surface area (Å²) in [5.74, 6) is -0.179. The van der Waals surface area contributed by atoms with Gasteiger partial charge in [0.25, 0.3) is 0 Å². The predicted molar refractivity (Wildman–Crippen MR) is 68.0 cm³/mol. The van der Waals surface area contributed by atoms with Gasteiger partial charge in [-0.2, -0.15) is 0 Å². The molecule has 0 saturated carbocycles. The van der Waals surface area contributed by atoms with E-state index < -0.39 is 5.97 Å². The molecule has 0 spiro atoms. The molecule has 0 aliphatic carbocycles. The maximum absolute atomic E-state index is 10.8.